The van der Waals surface area contributed by atoms with Crippen molar-refractivity contribution in [3.63, 3.8) is 0 Å². The molecule has 0 bridgehead atoms. The van der Waals surface area contributed by atoms with Crippen LogP contribution in [-0.4, -0.2) is 35.1 Å². The number of aliphatic carboxylic acids is 1. The summed E-state index contributed by atoms with van der Waals surface area (Å²) in [6.07, 6.45) is 6.79. The summed E-state index contributed by atoms with van der Waals surface area (Å²) in [6.45, 7) is 11.3. The number of carboxylic acids is 1. The maximum atomic E-state index is 11.7. The van der Waals surface area contributed by atoms with E-state index in [9.17, 15) is 9.90 Å². The Morgan fingerprint density at radius 1 is 1.19 bits per heavy atom. The molecule has 122 valence electrons. The van der Waals surface area contributed by atoms with E-state index in [1.807, 2.05) is 0 Å². The molecule has 2 rings (SSSR count). The molecular weight excluding hydrogens is 262 g/mol. The van der Waals surface area contributed by atoms with E-state index in [1.54, 1.807) is 0 Å². The summed E-state index contributed by atoms with van der Waals surface area (Å²) in [4.78, 5) is 14.2. The number of rotatable bonds is 6. The van der Waals surface area contributed by atoms with E-state index in [0.29, 0.717) is 11.3 Å². The van der Waals surface area contributed by atoms with E-state index >= 15 is 0 Å². The first-order valence-corrected chi connectivity index (χ1v) is 8.79. The Hall–Kier alpha value is -0.570. The lowest BCUT2D eigenvalue weighted by Gasteiger charge is -2.45. The molecule has 2 aliphatic rings. The Balaban J connectivity index is 2.12. The minimum Gasteiger partial charge on any atom is -0.481 e. The minimum absolute atomic E-state index is 0.158. The molecule has 2 saturated carbocycles. The Bertz CT molecular complexity index is 357. The van der Waals surface area contributed by atoms with Gasteiger partial charge >= 0.3 is 5.97 Å². The molecule has 0 amide bonds. The highest BCUT2D eigenvalue weighted by Crippen LogP contribution is 2.42. The van der Waals surface area contributed by atoms with Gasteiger partial charge in [0, 0.05) is 12.6 Å². The van der Waals surface area contributed by atoms with Crippen LogP contribution in [0.3, 0.4) is 0 Å². The molecule has 1 N–H and O–H groups in total. The summed E-state index contributed by atoms with van der Waals surface area (Å²) < 4.78 is 0. The van der Waals surface area contributed by atoms with Crippen LogP contribution in [0.1, 0.15) is 66.2 Å². The van der Waals surface area contributed by atoms with Crippen molar-refractivity contribution >= 4 is 5.97 Å². The Morgan fingerprint density at radius 2 is 1.86 bits per heavy atom. The van der Waals surface area contributed by atoms with Crippen molar-refractivity contribution in [1.82, 2.24) is 4.90 Å². The standard InChI is InChI=1S/C18H33NO2/c1-5-10-19(12-13-6-7-13)16-11-14(18(2,3)4)8-9-15(16)17(20)21/h13-16H,5-12H2,1-4H3,(H,20,21). The Labute approximate surface area is 130 Å². The van der Waals surface area contributed by atoms with Crippen LogP contribution in [0, 0.1) is 23.2 Å². The monoisotopic (exact) mass is 295 g/mol. The van der Waals surface area contributed by atoms with Crippen LogP contribution < -0.4 is 0 Å². The molecule has 0 aromatic heterocycles. The fourth-order valence-corrected chi connectivity index (χ4v) is 3.94. The number of carboxylic acid groups (broad SMARTS) is 1. The van der Waals surface area contributed by atoms with Gasteiger partial charge in [-0.25, -0.2) is 0 Å². The lowest BCUT2D eigenvalue weighted by atomic mass is 9.67. The molecule has 0 aromatic carbocycles. The van der Waals surface area contributed by atoms with Gasteiger partial charge in [0.25, 0.3) is 0 Å². The molecular formula is C18H33NO2. The highest BCUT2D eigenvalue weighted by atomic mass is 16.4. The van der Waals surface area contributed by atoms with Crippen LogP contribution in [0.4, 0.5) is 0 Å². The van der Waals surface area contributed by atoms with Gasteiger partial charge in [-0.3, -0.25) is 9.69 Å². The smallest absolute Gasteiger partial charge is 0.308 e. The molecule has 0 aliphatic heterocycles. The van der Waals surface area contributed by atoms with Crippen LogP contribution >= 0.6 is 0 Å². The topological polar surface area (TPSA) is 40.5 Å². The van der Waals surface area contributed by atoms with Crippen LogP contribution in [0.25, 0.3) is 0 Å². The molecule has 3 nitrogen and oxygen atoms in total. The van der Waals surface area contributed by atoms with Gasteiger partial charge in [0.1, 0.15) is 0 Å². The second-order valence-corrected chi connectivity index (χ2v) is 8.33. The fraction of sp³-hybridized carbons (Fsp3) is 0.944. The minimum atomic E-state index is -0.579. The van der Waals surface area contributed by atoms with Gasteiger partial charge in [0.15, 0.2) is 0 Å². The second-order valence-electron chi connectivity index (χ2n) is 8.33. The van der Waals surface area contributed by atoms with Crippen LogP contribution in [0.5, 0.6) is 0 Å². The van der Waals surface area contributed by atoms with E-state index in [-0.39, 0.29) is 12.0 Å². The summed E-state index contributed by atoms with van der Waals surface area (Å²) in [5.74, 6) is 0.746. The molecule has 2 aliphatic carbocycles. The Morgan fingerprint density at radius 3 is 2.33 bits per heavy atom. The summed E-state index contributed by atoms with van der Waals surface area (Å²) >= 11 is 0. The van der Waals surface area contributed by atoms with Crippen LogP contribution in [-0.2, 0) is 4.79 Å². The highest BCUT2D eigenvalue weighted by molar-refractivity contribution is 5.71. The van der Waals surface area contributed by atoms with E-state index < -0.39 is 5.97 Å². The van der Waals surface area contributed by atoms with Crippen molar-refractivity contribution in [2.24, 2.45) is 23.2 Å². The summed E-state index contributed by atoms with van der Waals surface area (Å²) in [7, 11) is 0. The zero-order valence-electron chi connectivity index (χ0n) is 14.3. The van der Waals surface area contributed by atoms with Crippen molar-refractivity contribution in [3.8, 4) is 0 Å². The number of nitrogens with zero attached hydrogens (tertiary/aromatic N) is 1. The molecule has 0 heterocycles. The SMILES string of the molecule is CCCN(CC1CC1)C1CC(C(C)(C)C)CCC1C(=O)O. The van der Waals surface area contributed by atoms with Gasteiger partial charge in [0.05, 0.1) is 5.92 Å². The largest absolute Gasteiger partial charge is 0.481 e. The van der Waals surface area contributed by atoms with Crippen LogP contribution in [0.2, 0.25) is 0 Å². The molecule has 0 aromatic rings. The normalized spacial score (nSPS) is 30.6. The molecule has 0 radical (unpaired) electrons. The average molecular weight is 295 g/mol. The van der Waals surface area contributed by atoms with E-state index in [4.69, 9.17) is 0 Å². The van der Waals surface area contributed by atoms with Gasteiger partial charge in [0.2, 0.25) is 0 Å². The zero-order chi connectivity index (χ0) is 15.6. The lowest BCUT2D eigenvalue weighted by Crippen LogP contribution is -2.49. The molecule has 21 heavy (non-hydrogen) atoms. The van der Waals surface area contributed by atoms with Crippen molar-refractivity contribution in [3.05, 3.63) is 0 Å². The van der Waals surface area contributed by atoms with Gasteiger partial charge in [-0.2, -0.15) is 0 Å². The predicted octanol–water partition coefficient (Wildman–Crippen LogP) is 4.02. The predicted molar refractivity (Wildman–Crippen MR) is 86.3 cm³/mol. The summed E-state index contributed by atoms with van der Waals surface area (Å²) in [5, 5.41) is 9.64. The molecule has 3 atom stereocenters. The van der Waals surface area contributed by atoms with Crippen molar-refractivity contribution in [2.45, 2.75) is 72.3 Å². The summed E-state index contributed by atoms with van der Waals surface area (Å²) in [6, 6.07) is 0.251. The molecule has 2 fully saturated rings. The van der Waals surface area contributed by atoms with Crippen LogP contribution in [0.15, 0.2) is 0 Å². The third kappa shape index (κ3) is 4.45. The molecule has 0 spiro atoms. The number of hydrogen-bond acceptors (Lipinski definition) is 2. The number of hydrogen-bond donors (Lipinski definition) is 1. The van der Waals surface area contributed by atoms with Gasteiger partial charge < -0.3 is 5.11 Å². The van der Waals surface area contributed by atoms with Gasteiger partial charge in [-0.05, 0) is 62.3 Å². The van der Waals surface area contributed by atoms with E-state index in [1.165, 1.54) is 12.8 Å². The Kier molecular flexibility index (Phi) is 5.34. The second kappa shape index (κ2) is 6.68. The maximum absolute atomic E-state index is 11.7. The van der Waals surface area contributed by atoms with Gasteiger partial charge in [-0.1, -0.05) is 27.7 Å². The van der Waals surface area contributed by atoms with Crippen molar-refractivity contribution < 1.29 is 9.90 Å². The fourth-order valence-electron chi connectivity index (χ4n) is 3.94. The molecule has 3 unspecified atom stereocenters. The third-order valence-electron chi connectivity index (χ3n) is 5.53. The zero-order valence-corrected chi connectivity index (χ0v) is 14.3. The molecule has 0 saturated heterocycles. The van der Waals surface area contributed by atoms with E-state index in [2.05, 4.69) is 32.6 Å². The maximum Gasteiger partial charge on any atom is 0.308 e. The van der Waals surface area contributed by atoms with Gasteiger partial charge in [-0.15, -0.1) is 0 Å². The first-order valence-electron chi connectivity index (χ1n) is 8.79. The molecule has 3 heteroatoms. The third-order valence-corrected chi connectivity index (χ3v) is 5.53. The number of carbonyl (C=O) groups is 1. The average Bonchev–Trinajstić information content (AvgIpc) is 3.20. The summed E-state index contributed by atoms with van der Waals surface area (Å²) in [5.41, 5.74) is 0.291. The first-order chi connectivity index (χ1) is 9.82. The van der Waals surface area contributed by atoms with Crippen molar-refractivity contribution in [2.75, 3.05) is 13.1 Å². The first kappa shape index (κ1) is 16.8. The van der Waals surface area contributed by atoms with E-state index in [0.717, 1.165) is 44.7 Å². The highest BCUT2D eigenvalue weighted by Gasteiger charge is 2.42. The van der Waals surface area contributed by atoms with Crippen molar-refractivity contribution in [1.29, 1.82) is 0 Å². The quantitative estimate of drug-likeness (QED) is 0.804. The lowest BCUT2D eigenvalue weighted by molar-refractivity contribution is -0.147.